The van der Waals surface area contributed by atoms with Crippen molar-refractivity contribution in [1.82, 2.24) is 4.90 Å². The van der Waals surface area contributed by atoms with E-state index in [0.29, 0.717) is 6.61 Å². The average Bonchev–Trinajstić information content (AvgIpc) is 3.28. The Morgan fingerprint density at radius 1 is 1.10 bits per heavy atom. The second-order valence-corrected chi connectivity index (χ2v) is 7.19. The van der Waals surface area contributed by atoms with Crippen molar-refractivity contribution in [1.29, 1.82) is 0 Å². The van der Waals surface area contributed by atoms with Gasteiger partial charge in [0.1, 0.15) is 31.0 Å². The van der Waals surface area contributed by atoms with E-state index in [9.17, 15) is 9.59 Å². The first-order valence-electron chi connectivity index (χ1n) is 9.57. The van der Waals surface area contributed by atoms with Crippen LogP contribution in [0.3, 0.4) is 0 Å². The third kappa shape index (κ3) is 3.69. The van der Waals surface area contributed by atoms with E-state index in [-0.39, 0.29) is 25.5 Å². The van der Waals surface area contributed by atoms with Crippen LogP contribution in [0.2, 0.25) is 0 Å². The minimum atomic E-state index is -1.06. The van der Waals surface area contributed by atoms with Gasteiger partial charge in [0.05, 0.1) is 13.2 Å². The lowest BCUT2D eigenvalue weighted by Crippen LogP contribution is -2.49. The Morgan fingerprint density at radius 2 is 1.72 bits per heavy atom. The van der Waals surface area contributed by atoms with E-state index in [4.69, 9.17) is 14.2 Å². The minimum absolute atomic E-state index is 0.0790. The summed E-state index contributed by atoms with van der Waals surface area (Å²) in [5.41, 5.74) is 0.816. The molecule has 2 aromatic carbocycles. The van der Waals surface area contributed by atoms with Gasteiger partial charge >= 0.3 is 6.09 Å². The van der Waals surface area contributed by atoms with Crippen molar-refractivity contribution < 1.29 is 23.8 Å². The lowest BCUT2D eigenvalue weighted by atomic mass is 9.92. The molecule has 0 N–H and O–H groups in total. The van der Waals surface area contributed by atoms with Crippen LogP contribution in [-0.4, -0.2) is 47.7 Å². The molecule has 1 amide bonds. The Hall–Kier alpha value is -2.96. The van der Waals surface area contributed by atoms with Gasteiger partial charge in [0.25, 0.3) is 0 Å². The second kappa shape index (κ2) is 8.19. The maximum absolute atomic E-state index is 12.8. The summed E-state index contributed by atoms with van der Waals surface area (Å²) in [6, 6.07) is 18.3. The number of fused-ring (bicyclic) bond motifs is 1. The van der Waals surface area contributed by atoms with Gasteiger partial charge in [-0.15, -0.1) is 6.58 Å². The summed E-state index contributed by atoms with van der Waals surface area (Å²) < 4.78 is 17.4. The molecule has 3 unspecified atom stereocenters. The summed E-state index contributed by atoms with van der Waals surface area (Å²) in [4.78, 5) is 26.8. The summed E-state index contributed by atoms with van der Waals surface area (Å²) in [5.74, 6) is -0.174. The van der Waals surface area contributed by atoms with Crippen LogP contribution in [0, 0.1) is 0 Å². The number of Topliss-reactive ketones (excluding diaryl/α,β-unsaturated/α-hetero) is 1. The van der Waals surface area contributed by atoms with Crippen molar-refractivity contribution in [3.63, 3.8) is 0 Å². The van der Waals surface area contributed by atoms with E-state index in [0.717, 1.165) is 11.1 Å². The van der Waals surface area contributed by atoms with Crippen molar-refractivity contribution >= 4 is 11.9 Å². The van der Waals surface area contributed by atoms with Gasteiger partial charge in [0.15, 0.2) is 5.78 Å². The smallest absolute Gasteiger partial charge is 0.410 e. The predicted molar refractivity (Wildman–Crippen MR) is 106 cm³/mol. The number of amides is 1. The first kappa shape index (κ1) is 19.4. The van der Waals surface area contributed by atoms with Crippen LogP contribution in [-0.2, 0) is 32.2 Å². The van der Waals surface area contributed by atoms with Gasteiger partial charge in [-0.3, -0.25) is 9.69 Å². The van der Waals surface area contributed by atoms with Gasteiger partial charge in [-0.25, -0.2) is 4.79 Å². The molecule has 2 aliphatic rings. The number of carbonyl (C=O) groups excluding carboxylic acids is 2. The van der Waals surface area contributed by atoms with Gasteiger partial charge < -0.3 is 14.2 Å². The number of hydrogen-bond donors (Lipinski definition) is 0. The largest absolute Gasteiger partial charge is 0.445 e. The maximum Gasteiger partial charge on any atom is 0.410 e. The summed E-state index contributed by atoms with van der Waals surface area (Å²) in [7, 11) is 0. The van der Waals surface area contributed by atoms with Gasteiger partial charge in [0.2, 0.25) is 0 Å². The van der Waals surface area contributed by atoms with Crippen molar-refractivity contribution in [2.75, 3.05) is 13.2 Å². The maximum atomic E-state index is 12.8. The molecule has 2 fully saturated rings. The molecule has 2 saturated heterocycles. The number of carbonyl (C=O) groups is 2. The number of ether oxygens (including phenoxy) is 3. The van der Waals surface area contributed by atoms with E-state index >= 15 is 0 Å². The molecular formula is C23H23NO5. The van der Waals surface area contributed by atoms with Gasteiger partial charge in [0, 0.05) is 0 Å². The number of nitrogens with zero attached hydrogens (tertiary/aromatic N) is 1. The van der Waals surface area contributed by atoms with Crippen LogP contribution in [0.15, 0.2) is 73.3 Å². The monoisotopic (exact) mass is 393 g/mol. The van der Waals surface area contributed by atoms with Crippen LogP contribution < -0.4 is 0 Å². The molecule has 0 spiro atoms. The highest BCUT2D eigenvalue weighted by atomic mass is 16.6. The zero-order chi connectivity index (χ0) is 20.3. The molecule has 0 aromatic heterocycles. The normalized spacial score (nSPS) is 25.7. The van der Waals surface area contributed by atoms with Gasteiger partial charge in [-0.2, -0.15) is 0 Å². The molecule has 4 rings (SSSR count). The van der Waals surface area contributed by atoms with Crippen LogP contribution in [0.25, 0.3) is 0 Å². The fraction of sp³-hybridized carbons (Fsp3) is 0.304. The average molecular weight is 393 g/mol. The molecule has 6 nitrogen and oxygen atoms in total. The number of likely N-dealkylation sites (tertiary alicyclic amines) is 1. The Kier molecular flexibility index (Phi) is 5.47. The molecule has 29 heavy (non-hydrogen) atoms. The molecule has 0 radical (unpaired) electrons. The molecule has 0 bridgehead atoms. The number of benzene rings is 2. The standard InChI is InChI=1S/C23H23NO5/c1-2-23-20(27-14-17-9-5-3-6-10-17)13-24(21(23)19(25)16-29-23)22(26)28-15-18-11-7-4-8-12-18/h2-12,20-21H,1,13-16H2. The van der Waals surface area contributed by atoms with Crippen LogP contribution in [0.4, 0.5) is 4.79 Å². The quantitative estimate of drug-likeness (QED) is 0.706. The second-order valence-electron chi connectivity index (χ2n) is 7.19. The Bertz CT molecular complexity index is 885. The molecule has 150 valence electrons. The van der Waals surface area contributed by atoms with Gasteiger partial charge in [-0.05, 0) is 11.1 Å². The SMILES string of the molecule is C=CC12OCC(=O)C1N(C(=O)OCc1ccccc1)CC2OCc1ccccc1. The fourth-order valence-corrected chi connectivity index (χ4v) is 3.96. The molecule has 2 aliphatic heterocycles. The van der Waals surface area contributed by atoms with Crippen molar-refractivity contribution in [3.8, 4) is 0 Å². The fourth-order valence-electron chi connectivity index (χ4n) is 3.96. The summed E-state index contributed by atoms with van der Waals surface area (Å²) in [6.45, 7) is 4.46. The minimum Gasteiger partial charge on any atom is -0.445 e. The number of rotatable bonds is 6. The zero-order valence-electron chi connectivity index (χ0n) is 16.0. The molecule has 3 atom stereocenters. The van der Waals surface area contributed by atoms with E-state index in [1.807, 2.05) is 60.7 Å². The van der Waals surface area contributed by atoms with E-state index in [1.54, 1.807) is 6.08 Å². The molecule has 0 saturated carbocycles. The Morgan fingerprint density at radius 3 is 2.34 bits per heavy atom. The van der Waals surface area contributed by atoms with Crippen LogP contribution in [0.5, 0.6) is 0 Å². The van der Waals surface area contributed by atoms with Crippen molar-refractivity contribution in [3.05, 3.63) is 84.4 Å². The number of ketones is 1. The lowest BCUT2D eigenvalue weighted by Gasteiger charge is -2.29. The van der Waals surface area contributed by atoms with Crippen molar-refractivity contribution in [2.45, 2.75) is 31.0 Å². The highest BCUT2D eigenvalue weighted by Crippen LogP contribution is 2.41. The molecule has 6 heteroatoms. The molecule has 2 heterocycles. The third-order valence-corrected chi connectivity index (χ3v) is 5.43. The van der Waals surface area contributed by atoms with Crippen LogP contribution in [0.1, 0.15) is 11.1 Å². The highest BCUT2D eigenvalue weighted by Gasteiger charge is 2.63. The molecule has 0 aliphatic carbocycles. The number of hydrogen-bond acceptors (Lipinski definition) is 5. The predicted octanol–water partition coefficient (Wildman–Crippen LogP) is 3.12. The third-order valence-electron chi connectivity index (χ3n) is 5.43. The molecular weight excluding hydrogens is 370 g/mol. The van der Waals surface area contributed by atoms with Gasteiger partial charge in [-0.1, -0.05) is 66.7 Å². The highest BCUT2D eigenvalue weighted by molar-refractivity contribution is 5.93. The Balaban J connectivity index is 1.49. The summed E-state index contributed by atoms with van der Waals surface area (Å²) in [5, 5.41) is 0. The topological polar surface area (TPSA) is 65.1 Å². The Labute approximate surface area is 169 Å². The lowest BCUT2D eigenvalue weighted by molar-refractivity contribution is -0.121. The van der Waals surface area contributed by atoms with Crippen LogP contribution >= 0.6 is 0 Å². The summed E-state index contributed by atoms with van der Waals surface area (Å²) >= 11 is 0. The first-order chi connectivity index (χ1) is 14.1. The van der Waals surface area contributed by atoms with E-state index < -0.39 is 23.8 Å². The van der Waals surface area contributed by atoms with E-state index in [2.05, 4.69) is 6.58 Å². The van der Waals surface area contributed by atoms with E-state index in [1.165, 1.54) is 4.90 Å². The summed E-state index contributed by atoms with van der Waals surface area (Å²) in [6.07, 6.45) is 0.513. The van der Waals surface area contributed by atoms with Crippen molar-refractivity contribution in [2.24, 2.45) is 0 Å². The molecule has 2 aromatic rings. The first-order valence-corrected chi connectivity index (χ1v) is 9.57. The zero-order valence-corrected chi connectivity index (χ0v) is 16.0.